The molecule has 1 aliphatic heterocycles. The molecule has 1 atom stereocenters. The minimum Gasteiger partial charge on any atom is -0.371 e. The maximum Gasteiger partial charge on any atom is 0.214 e. The Bertz CT molecular complexity index is 314. The van der Waals surface area contributed by atoms with Crippen molar-refractivity contribution in [2.45, 2.75) is 19.8 Å². The Morgan fingerprint density at radius 2 is 2.43 bits per heavy atom. The minimum absolute atomic E-state index is 0.388. The third-order valence-corrected chi connectivity index (χ3v) is 2.73. The molecule has 0 amide bonds. The predicted octanol–water partition coefficient (Wildman–Crippen LogP) is 2.46. The second kappa shape index (κ2) is 3.95. The number of nitrogens with zero attached hydrogens (tertiary/aromatic N) is 2. The highest BCUT2D eigenvalue weighted by atomic mass is 19.1. The average molecular weight is 194 g/mol. The summed E-state index contributed by atoms with van der Waals surface area (Å²) in [6.07, 6.45) is 4.01. The van der Waals surface area contributed by atoms with Crippen molar-refractivity contribution >= 4 is 5.69 Å². The smallest absolute Gasteiger partial charge is 0.214 e. The molecule has 76 valence electrons. The Morgan fingerprint density at radius 1 is 1.57 bits per heavy atom. The molecule has 1 aromatic rings. The van der Waals surface area contributed by atoms with Crippen LogP contribution in [0.1, 0.15) is 19.8 Å². The molecule has 2 rings (SSSR count). The van der Waals surface area contributed by atoms with Crippen LogP contribution >= 0.6 is 0 Å². The van der Waals surface area contributed by atoms with Gasteiger partial charge < -0.3 is 4.90 Å². The number of piperidine rings is 1. The second-order valence-electron chi connectivity index (χ2n) is 4.03. The molecule has 0 spiro atoms. The molecule has 1 saturated heterocycles. The molecule has 1 aromatic heterocycles. The Morgan fingerprint density at radius 3 is 3.14 bits per heavy atom. The number of hydrogen-bond acceptors (Lipinski definition) is 2. The second-order valence-corrected chi connectivity index (χ2v) is 4.03. The van der Waals surface area contributed by atoms with Gasteiger partial charge in [-0.2, -0.15) is 4.39 Å². The number of rotatable bonds is 1. The number of halogens is 1. The highest BCUT2D eigenvalue weighted by Gasteiger charge is 2.16. The highest BCUT2D eigenvalue weighted by molar-refractivity contribution is 5.45. The van der Waals surface area contributed by atoms with E-state index in [-0.39, 0.29) is 5.95 Å². The van der Waals surface area contributed by atoms with E-state index in [1.165, 1.54) is 25.1 Å². The fourth-order valence-corrected chi connectivity index (χ4v) is 2.01. The van der Waals surface area contributed by atoms with E-state index in [9.17, 15) is 4.39 Å². The zero-order valence-corrected chi connectivity index (χ0v) is 8.41. The first-order chi connectivity index (χ1) is 6.75. The number of pyridine rings is 1. The molecule has 1 aliphatic rings. The molecule has 0 radical (unpaired) electrons. The van der Waals surface area contributed by atoms with Gasteiger partial charge >= 0.3 is 0 Å². The molecule has 14 heavy (non-hydrogen) atoms. The van der Waals surface area contributed by atoms with Crippen LogP contribution in [0.25, 0.3) is 0 Å². The lowest BCUT2D eigenvalue weighted by atomic mass is 10.00. The lowest BCUT2D eigenvalue weighted by Crippen LogP contribution is -2.34. The van der Waals surface area contributed by atoms with Gasteiger partial charge in [-0.25, -0.2) is 4.98 Å². The van der Waals surface area contributed by atoms with Crippen molar-refractivity contribution < 1.29 is 4.39 Å². The maximum absolute atomic E-state index is 12.9. The predicted molar refractivity (Wildman–Crippen MR) is 54.8 cm³/mol. The van der Waals surface area contributed by atoms with Gasteiger partial charge in [-0.15, -0.1) is 0 Å². The summed E-state index contributed by atoms with van der Waals surface area (Å²) in [6.45, 7) is 4.31. The van der Waals surface area contributed by atoms with Crippen LogP contribution in [0.3, 0.4) is 0 Å². The van der Waals surface area contributed by atoms with Crippen LogP contribution in [0.5, 0.6) is 0 Å². The molecule has 2 nitrogen and oxygen atoms in total. The molecule has 0 bridgehead atoms. The molecule has 0 aromatic carbocycles. The lowest BCUT2D eigenvalue weighted by Gasteiger charge is -2.32. The third-order valence-electron chi connectivity index (χ3n) is 2.73. The molecule has 0 unspecified atom stereocenters. The van der Waals surface area contributed by atoms with E-state index in [1.54, 1.807) is 0 Å². The van der Waals surface area contributed by atoms with Crippen LogP contribution in [0.15, 0.2) is 18.3 Å². The van der Waals surface area contributed by atoms with Gasteiger partial charge in [-0.3, -0.25) is 0 Å². The van der Waals surface area contributed by atoms with Crippen LogP contribution in [0, 0.1) is 11.9 Å². The Kier molecular flexibility index (Phi) is 2.66. The lowest BCUT2D eigenvalue weighted by molar-refractivity contribution is 0.446. The molecule has 0 aliphatic carbocycles. The molecule has 0 saturated carbocycles. The standard InChI is InChI=1S/C11H15FN2/c1-9-3-2-6-14(8-9)10-4-5-13-11(12)7-10/h4-5,7,9H,2-3,6,8H2,1H3/t9-/m1/s1. The van der Waals surface area contributed by atoms with Gasteiger partial charge in [0.05, 0.1) is 0 Å². The zero-order chi connectivity index (χ0) is 9.97. The summed E-state index contributed by atoms with van der Waals surface area (Å²) in [4.78, 5) is 5.80. The summed E-state index contributed by atoms with van der Waals surface area (Å²) in [7, 11) is 0. The highest BCUT2D eigenvalue weighted by Crippen LogP contribution is 2.22. The molecular formula is C11H15FN2. The van der Waals surface area contributed by atoms with Crippen LogP contribution < -0.4 is 4.90 Å². The van der Waals surface area contributed by atoms with Crippen molar-refractivity contribution in [2.24, 2.45) is 5.92 Å². The fourth-order valence-electron chi connectivity index (χ4n) is 2.01. The fraction of sp³-hybridized carbons (Fsp3) is 0.545. The van der Waals surface area contributed by atoms with E-state index in [0.29, 0.717) is 5.92 Å². The largest absolute Gasteiger partial charge is 0.371 e. The SMILES string of the molecule is C[C@@H]1CCCN(c2ccnc(F)c2)C1. The minimum atomic E-state index is -0.388. The van der Waals surface area contributed by atoms with Crippen molar-refractivity contribution in [1.82, 2.24) is 4.98 Å². The normalized spacial score (nSPS) is 22.4. The average Bonchev–Trinajstić information content (AvgIpc) is 2.18. The summed E-state index contributed by atoms with van der Waals surface area (Å²) in [5.74, 6) is 0.320. The van der Waals surface area contributed by atoms with Gasteiger partial charge in [-0.05, 0) is 24.8 Å². The van der Waals surface area contributed by atoms with Crippen molar-refractivity contribution in [2.75, 3.05) is 18.0 Å². The van der Waals surface area contributed by atoms with Crippen molar-refractivity contribution in [3.63, 3.8) is 0 Å². The van der Waals surface area contributed by atoms with Crippen molar-refractivity contribution in [3.05, 3.63) is 24.3 Å². The van der Waals surface area contributed by atoms with E-state index in [2.05, 4.69) is 16.8 Å². The molecule has 1 fully saturated rings. The van der Waals surface area contributed by atoms with Gasteiger partial charge in [0, 0.05) is 31.0 Å². The van der Waals surface area contributed by atoms with E-state index in [1.807, 2.05) is 6.07 Å². The quantitative estimate of drug-likeness (QED) is 0.638. The van der Waals surface area contributed by atoms with E-state index in [0.717, 1.165) is 18.8 Å². The first-order valence-electron chi connectivity index (χ1n) is 5.12. The first kappa shape index (κ1) is 9.44. The van der Waals surface area contributed by atoms with Gasteiger partial charge in [0.25, 0.3) is 0 Å². The molecule has 0 N–H and O–H groups in total. The summed E-state index contributed by atoms with van der Waals surface area (Å²) < 4.78 is 12.9. The third kappa shape index (κ3) is 2.03. The number of anilines is 1. The monoisotopic (exact) mass is 194 g/mol. The van der Waals surface area contributed by atoms with Crippen molar-refractivity contribution in [1.29, 1.82) is 0 Å². The Balaban J connectivity index is 2.14. The van der Waals surface area contributed by atoms with Gasteiger partial charge in [-0.1, -0.05) is 6.92 Å². The molecule has 3 heteroatoms. The van der Waals surface area contributed by atoms with Gasteiger partial charge in [0.1, 0.15) is 0 Å². The summed E-state index contributed by atoms with van der Waals surface area (Å²) >= 11 is 0. The first-order valence-corrected chi connectivity index (χ1v) is 5.12. The maximum atomic E-state index is 12.9. The number of aromatic nitrogens is 1. The van der Waals surface area contributed by atoms with Crippen molar-refractivity contribution in [3.8, 4) is 0 Å². The van der Waals surface area contributed by atoms with E-state index >= 15 is 0 Å². The van der Waals surface area contributed by atoms with Crippen LogP contribution in [-0.2, 0) is 0 Å². The van der Waals surface area contributed by atoms with Crippen LogP contribution in [0.4, 0.5) is 10.1 Å². The summed E-state index contributed by atoms with van der Waals surface area (Å²) in [5, 5.41) is 0. The zero-order valence-electron chi connectivity index (χ0n) is 8.41. The number of hydrogen-bond donors (Lipinski definition) is 0. The van der Waals surface area contributed by atoms with E-state index in [4.69, 9.17) is 0 Å². The summed E-state index contributed by atoms with van der Waals surface area (Å²) in [6, 6.07) is 3.39. The Hall–Kier alpha value is -1.12. The van der Waals surface area contributed by atoms with Crippen LogP contribution in [-0.4, -0.2) is 18.1 Å². The topological polar surface area (TPSA) is 16.1 Å². The van der Waals surface area contributed by atoms with Gasteiger partial charge in [0.15, 0.2) is 0 Å². The molecule has 2 heterocycles. The molecular weight excluding hydrogens is 179 g/mol. The van der Waals surface area contributed by atoms with E-state index < -0.39 is 0 Å². The van der Waals surface area contributed by atoms with Gasteiger partial charge in [0.2, 0.25) is 5.95 Å². The summed E-state index contributed by atoms with van der Waals surface area (Å²) in [5.41, 5.74) is 0.962. The van der Waals surface area contributed by atoms with Crippen LogP contribution in [0.2, 0.25) is 0 Å². The Labute approximate surface area is 83.8 Å².